The van der Waals surface area contributed by atoms with Crippen LogP contribution in [0.4, 0.5) is 10.5 Å². The Balaban J connectivity index is 1.92. The molecule has 2 amide bonds. The fourth-order valence-electron chi connectivity index (χ4n) is 3.70. The quantitative estimate of drug-likeness (QED) is 0.819. The van der Waals surface area contributed by atoms with Crippen LogP contribution in [0.2, 0.25) is 0 Å². The number of aromatic nitrogens is 1. The molecule has 29 heavy (non-hydrogen) atoms. The van der Waals surface area contributed by atoms with Gasteiger partial charge in [0.25, 0.3) is 11.1 Å². The second-order valence-electron chi connectivity index (χ2n) is 8.35. The Hall–Kier alpha value is -2.55. The third kappa shape index (κ3) is 4.24. The van der Waals surface area contributed by atoms with Crippen LogP contribution < -0.4 is 15.4 Å². The number of hydrogen-bond donors (Lipinski definition) is 1. The number of carbonyl (C=O) groups is 2. The number of thiazole rings is 1. The Morgan fingerprint density at radius 3 is 2.34 bits per heavy atom. The summed E-state index contributed by atoms with van der Waals surface area (Å²) < 4.78 is 11.7. The zero-order chi connectivity index (χ0) is 21.5. The van der Waals surface area contributed by atoms with E-state index in [4.69, 9.17) is 15.2 Å². The number of piperazine rings is 1. The molecule has 0 bridgehead atoms. The Morgan fingerprint density at radius 2 is 1.83 bits per heavy atom. The first-order chi connectivity index (χ1) is 13.5. The molecule has 2 atom stereocenters. The van der Waals surface area contributed by atoms with Gasteiger partial charge in [0.05, 0.1) is 35.1 Å². The second kappa shape index (κ2) is 7.70. The zero-order valence-corrected chi connectivity index (χ0v) is 18.5. The number of rotatable bonds is 3. The lowest BCUT2D eigenvalue weighted by Gasteiger charge is -2.45. The van der Waals surface area contributed by atoms with Crippen molar-refractivity contribution in [3.63, 3.8) is 0 Å². The van der Waals surface area contributed by atoms with Gasteiger partial charge < -0.3 is 20.1 Å². The number of methoxy groups -OCH3 is 1. The number of amides is 2. The smallest absolute Gasteiger partial charge is 0.410 e. The van der Waals surface area contributed by atoms with Gasteiger partial charge in [-0.15, -0.1) is 0 Å². The Kier molecular flexibility index (Phi) is 5.62. The van der Waals surface area contributed by atoms with Gasteiger partial charge in [-0.2, -0.15) is 0 Å². The Labute approximate surface area is 174 Å². The summed E-state index contributed by atoms with van der Waals surface area (Å²) in [4.78, 5) is 32.9. The molecule has 9 heteroatoms. The molecule has 2 N–H and O–H groups in total. The summed E-state index contributed by atoms with van der Waals surface area (Å²) in [6, 6.07) is 3.50. The van der Waals surface area contributed by atoms with Crippen molar-refractivity contribution in [2.24, 2.45) is 5.73 Å². The number of carbonyl (C=O) groups excluding carboxylic acids is 2. The Morgan fingerprint density at radius 1 is 1.21 bits per heavy atom. The van der Waals surface area contributed by atoms with Crippen molar-refractivity contribution in [2.75, 3.05) is 25.1 Å². The summed E-state index contributed by atoms with van der Waals surface area (Å²) in [5.41, 5.74) is 6.85. The topological polar surface area (TPSA) is 98.0 Å². The fourth-order valence-corrected chi connectivity index (χ4v) is 4.65. The first-order valence-electron chi connectivity index (χ1n) is 9.55. The van der Waals surface area contributed by atoms with E-state index in [0.29, 0.717) is 29.4 Å². The van der Waals surface area contributed by atoms with E-state index in [2.05, 4.69) is 9.88 Å². The highest BCUT2D eigenvalue weighted by atomic mass is 32.1. The van der Waals surface area contributed by atoms with E-state index < -0.39 is 11.5 Å². The van der Waals surface area contributed by atoms with Crippen LogP contribution in [-0.2, 0) is 4.74 Å². The molecule has 1 aromatic carbocycles. The van der Waals surface area contributed by atoms with Crippen molar-refractivity contribution >= 4 is 39.2 Å². The molecule has 0 saturated carbocycles. The number of fused-ring (bicyclic) bond motifs is 1. The van der Waals surface area contributed by atoms with Crippen LogP contribution in [0, 0.1) is 0 Å². The SMILES string of the molecule is COc1nc2c(C(N)=O)ccc(N3C[C@H](C)N(C(=O)OC(C)(C)C)[C@@H](C)C3)c2s1. The van der Waals surface area contributed by atoms with Gasteiger partial charge in [0.1, 0.15) is 11.1 Å². The summed E-state index contributed by atoms with van der Waals surface area (Å²) in [6.45, 7) is 10.9. The van der Waals surface area contributed by atoms with Crippen LogP contribution >= 0.6 is 11.3 Å². The molecule has 1 aliphatic heterocycles. The van der Waals surface area contributed by atoms with E-state index in [1.807, 2.05) is 40.7 Å². The maximum absolute atomic E-state index is 12.7. The number of nitrogens with two attached hydrogens (primary N) is 1. The van der Waals surface area contributed by atoms with Gasteiger partial charge in [0.2, 0.25) is 0 Å². The molecule has 0 radical (unpaired) electrons. The normalized spacial score (nSPS) is 20.1. The lowest BCUT2D eigenvalue weighted by Crippen LogP contribution is -2.59. The average Bonchev–Trinajstić information content (AvgIpc) is 3.02. The summed E-state index contributed by atoms with van der Waals surface area (Å²) in [5.74, 6) is -0.522. The third-order valence-corrected chi connectivity index (χ3v) is 5.85. The van der Waals surface area contributed by atoms with Gasteiger partial charge in [-0.25, -0.2) is 9.78 Å². The van der Waals surface area contributed by atoms with Crippen molar-refractivity contribution in [3.05, 3.63) is 17.7 Å². The van der Waals surface area contributed by atoms with Crippen LogP contribution in [0.1, 0.15) is 45.0 Å². The van der Waals surface area contributed by atoms with E-state index in [0.717, 1.165) is 10.4 Å². The lowest BCUT2D eigenvalue weighted by atomic mass is 10.1. The molecule has 0 aliphatic carbocycles. The lowest BCUT2D eigenvalue weighted by molar-refractivity contribution is 0.00567. The molecule has 0 spiro atoms. The van der Waals surface area contributed by atoms with Crippen molar-refractivity contribution < 1.29 is 19.1 Å². The van der Waals surface area contributed by atoms with Gasteiger partial charge in [-0.3, -0.25) is 9.69 Å². The minimum absolute atomic E-state index is 0.0470. The fraction of sp³-hybridized carbons (Fsp3) is 0.550. The standard InChI is InChI=1S/C20H28N4O4S/c1-11-9-23(10-12(2)24(11)19(26)28-20(3,4)5)14-8-7-13(17(21)25)15-16(14)29-18(22-15)27-6/h7-8,11-12H,9-10H2,1-6H3,(H2,21,25)/t11-,12-/m0/s1. The summed E-state index contributed by atoms with van der Waals surface area (Å²) >= 11 is 1.38. The van der Waals surface area contributed by atoms with Gasteiger partial charge >= 0.3 is 6.09 Å². The van der Waals surface area contributed by atoms with Crippen molar-refractivity contribution in [3.8, 4) is 5.19 Å². The highest BCUT2D eigenvalue weighted by Gasteiger charge is 2.36. The van der Waals surface area contributed by atoms with Crippen molar-refractivity contribution in [1.82, 2.24) is 9.88 Å². The summed E-state index contributed by atoms with van der Waals surface area (Å²) in [7, 11) is 1.55. The summed E-state index contributed by atoms with van der Waals surface area (Å²) in [6.07, 6.45) is -0.300. The van der Waals surface area contributed by atoms with E-state index in [1.165, 1.54) is 11.3 Å². The Bertz CT molecular complexity index is 924. The predicted molar refractivity (Wildman–Crippen MR) is 114 cm³/mol. The maximum atomic E-state index is 12.7. The van der Waals surface area contributed by atoms with E-state index in [-0.39, 0.29) is 18.2 Å². The third-order valence-electron chi connectivity index (χ3n) is 4.81. The molecule has 2 aromatic rings. The molecule has 1 fully saturated rings. The van der Waals surface area contributed by atoms with Crippen molar-refractivity contribution in [1.29, 1.82) is 0 Å². The van der Waals surface area contributed by atoms with Crippen molar-refractivity contribution in [2.45, 2.75) is 52.3 Å². The predicted octanol–water partition coefficient (Wildman–Crippen LogP) is 3.24. The number of anilines is 1. The first kappa shape index (κ1) is 21.2. The molecule has 0 unspecified atom stereocenters. The molecule has 2 heterocycles. The molecule has 1 aliphatic rings. The van der Waals surface area contributed by atoms with Gasteiger partial charge in [-0.05, 0) is 46.8 Å². The molecule has 1 aromatic heterocycles. The van der Waals surface area contributed by atoms with Crippen LogP contribution in [0.25, 0.3) is 10.2 Å². The monoisotopic (exact) mass is 420 g/mol. The van der Waals surface area contributed by atoms with Gasteiger partial charge in [-0.1, -0.05) is 11.3 Å². The van der Waals surface area contributed by atoms with Crippen LogP contribution in [0.15, 0.2) is 12.1 Å². The molecule has 8 nitrogen and oxygen atoms in total. The highest BCUT2D eigenvalue weighted by Crippen LogP contribution is 2.38. The number of benzene rings is 1. The molecular formula is C20H28N4O4S. The van der Waals surface area contributed by atoms with Gasteiger partial charge in [0, 0.05) is 13.1 Å². The molecule has 3 rings (SSSR count). The largest absolute Gasteiger partial charge is 0.473 e. The van der Waals surface area contributed by atoms with E-state index >= 15 is 0 Å². The van der Waals surface area contributed by atoms with Gasteiger partial charge in [0.15, 0.2) is 0 Å². The maximum Gasteiger partial charge on any atom is 0.410 e. The minimum Gasteiger partial charge on any atom is -0.473 e. The molecular weight excluding hydrogens is 392 g/mol. The van der Waals surface area contributed by atoms with Crippen LogP contribution in [-0.4, -0.2) is 59.8 Å². The number of hydrogen-bond acceptors (Lipinski definition) is 7. The first-order valence-corrected chi connectivity index (χ1v) is 10.4. The average molecular weight is 421 g/mol. The highest BCUT2D eigenvalue weighted by molar-refractivity contribution is 7.20. The van der Waals surface area contributed by atoms with Crippen LogP contribution in [0.3, 0.4) is 0 Å². The second-order valence-corrected chi connectivity index (χ2v) is 9.31. The molecule has 158 valence electrons. The molecule has 1 saturated heterocycles. The van der Waals surface area contributed by atoms with Crippen LogP contribution in [0.5, 0.6) is 5.19 Å². The number of ether oxygens (including phenoxy) is 2. The zero-order valence-electron chi connectivity index (χ0n) is 17.7. The van der Waals surface area contributed by atoms with E-state index in [9.17, 15) is 9.59 Å². The minimum atomic E-state index is -0.538. The van der Waals surface area contributed by atoms with E-state index in [1.54, 1.807) is 18.1 Å². The summed E-state index contributed by atoms with van der Waals surface area (Å²) in [5, 5.41) is 0.475. The number of primary amides is 1. The number of nitrogens with zero attached hydrogens (tertiary/aromatic N) is 3.